The maximum Gasteiger partial charge on any atom is 0.246 e. The summed E-state index contributed by atoms with van der Waals surface area (Å²) in [6.07, 6.45) is 4.30. The summed E-state index contributed by atoms with van der Waals surface area (Å²) in [7, 11) is 0. The molecule has 4 aromatic rings. The normalized spacial score (nSPS) is 28.3. The number of rotatable bonds is 2. The molecule has 3 heteroatoms. The third-order valence-electron chi connectivity index (χ3n) is 8.98. The monoisotopic (exact) mass is 465 g/mol. The maximum atomic E-state index is 15.0. The van der Waals surface area contributed by atoms with E-state index in [1.807, 2.05) is 48.5 Å². The molecule has 1 saturated heterocycles. The van der Waals surface area contributed by atoms with Gasteiger partial charge in [0.25, 0.3) is 0 Å². The number of hydrogen-bond donors (Lipinski definition) is 0. The van der Waals surface area contributed by atoms with Crippen molar-refractivity contribution < 1.29 is 9.59 Å². The fourth-order valence-electron chi connectivity index (χ4n) is 7.71. The van der Waals surface area contributed by atoms with Crippen molar-refractivity contribution in [1.29, 1.82) is 0 Å². The zero-order valence-corrected chi connectivity index (χ0v) is 19.6. The highest BCUT2D eigenvalue weighted by molar-refractivity contribution is 6.20. The molecule has 2 spiro atoms. The first-order chi connectivity index (χ1) is 17.7. The molecule has 1 heterocycles. The van der Waals surface area contributed by atoms with Crippen molar-refractivity contribution in [3.8, 4) is 0 Å². The molecule has 0 aromatic heterocycles. The second kappa shape index (κ2) is 6.70. The van der Waals surface area contributed by atoms with Gasteiger partial charge in [0.2, 0.25) is 11.8 Å². The van der Waals surface area contributed by atoms with E-state index in [0.29, 0.717) is 0 Å². The van der Waals surface area contributed by atoms with Gasteiger partial charge in [-0.2, -0.15) is 0 Å². The van der Waals surface area contributed by atoms with Crippen LogP contribution < -0.4 is 0 Å². The minimum Gasteiger partial charge on any atom is -0.276 e. The second-order valence-electron chi connectivity index (χ2n) is 10.4. The lowest BCUT2D eigenvalue weighted by molar-refractivity contribution is -0.140. The van der Waals surface area contributed by atoms with Crippen LogP contribution in [0.4, 0.5) is 0 Å². The molecule has 3 nitrogen and oxygen atoms in total. The predicted molar refractivity (Wildman–Crippen MR) is 138 cm³/mol. The van der Waals surface area contributed by atoms with Gasteiger partial charge >= 0.3 is 0 Å². The summed E-state index contributed by atoms with van der Waals surface area (Å²) in [6, 6.07) is 34.8. The fourth-order valence-corrected chi connectivity index (χ4v) is 7.71. The molecule has 9 rings (SSSR count). The zero-order chi connectivity index (χ0) is 24.1. The molecule has 2 amide bonds. The summed E-state index contributed by atoms with van der Waals surface area (Å²) < 4.78 is 0. The average molecular weight is 466 g/mol. The molecule has 0 saturated carbocycles. The van der Waals surface area contributed by atoms with E-state index in [4.69, 9.17) is 0 Å². The number of carbonyl (C=O) groups excluding carboxylic acids is 2. The lowest BCUT2D eigenvalue weighted by Gasteiger charge is -2.53. The van der Waals surface area contributed by atoms with Crippen LogP contribution in [-0.4, -0.2) is 16.7 Å². The molecule has 2 unspecified atom stereocenters. The van der Waals surface area contributed by atoms with E-state index in [2.05, 4.69) is 66.7 Å². The standard InChI is InChI=1S/C33H23NO2/c35-30-32-19-18-23(22-12-4-7-15-26(22)32)29-24-13-5-8-16-27(24)33(32,28-17-9-6-14-25(28)29)31(36)34(30)20-21-10-2-1-3-11-21/h1-19,23,29H,20H2. The van der Waals surface area contributed by atoms with Crippen molar-refractivity contribution >= 4 is 11.8 Å². The summed E-state index contributed by atoms with van der Waals surface area (Å²) >= 11 is 0. The Morgan fingerprint density at radius 3 is 1.83 bits per heavy atom. The summed E-state index contributed by atoms with van der Waals surface area (Å²) in [5.41, 5.74) is 5.06. The number of hydrogen-bond acceptors (Lipinski definition) is 2. The largest absolute Gasteiger partial charge is 0.276 e. The number of carbonyl (C=O) groups is 2. The molecule has 2 atom stereocenters. The smallest absolute Gasteiger partial charge is 0.246 e. The Balaban J connectivity index is 1.54. The molecule has 1 aliphatic heterocycles. The van der Waals surface area contributed by atoms with Gasteiger partial charge < -0.3 is 0 Å². The second-order valence-corrected chi connectivity index (χ2v) is 10.4. The summed E-state index contributed by atoms with van der Waals surface area (Å²) in [6.45, 7) is 0.259. The quantitative estimate of drug-likeness (QED) is 0.286. The number of nitrogens with zero attached hydrogens (tertiary/aromatic N) is 1. The Labute approximate surface area is 209 Å². The predicted octanol–water partition coefficient (Wildman–Crippen LogP) is 5.59. The van der Waals surface area contributed by atoms with Gasteiger partial charge in [-0.05, 0) is 38.9 Å². The Hall–Kier alpha value is -4.24. The lowest BCUT2D eigenvalue weighted by Crippen LogP contribution is -2.57. The van der Waals surface area contributed by atoms with Gasteiger partial charge in [0.15, 0.2) is 0 Å². The van der Waals surface area contributed by atoms with Gasteiger partial charge in [-0.1, -0.05) is 115 Å². The van der Waals surface area contributed by atoms with E-state index in [9.17, 15) is 9.59 Å². The molecule has 5 aliphatic rings. The van der Waals surface area contributed by atoms with Crippen molar-refractivity contribution in [1.82, 2.24) is 4.90 Å². The van der Waals surface area contributed by atoms with Gasteiger partial charge in [0, 0.05) is 11.8 Å². The van der Waals surface area contributed by atoms with Crippen LogP contribution in [0, 0.1) is 0 Å². The third kappa shape index (κ3) is 2.04. The first-order valence-corrected chi connectivity index (χ1v) is 12.6. The first-order valence-electron chi connectivity index (χ1n) is 12.6. The number of amides is 2. The third-order valence-corrected chi connectivity index (χ3v) is 8.98. The molecule has 0 N–H and O–H groups in total. The Morgan fingerprint density at radius 2 is 1.17 bits per heavy atom. The van der Waals surface area contributed by atoms with Crippen LogP contribution in [0.2, 0.25) is 0 Å². The first kappa shape index (κ1) is 20.0. The maximum absolute atomic E-state index is 15.0. The van der Waals surface area contributed by atoms with E-state index < -0.39 is 10.8 Å². The lowest BCUT2D eigenvalue weighted by atomic mass is 9.45. The molecule has 36 heavy (non-hydrogen) atoms. The molecule has 4 aromatic carbocycles. The van der Waals surface area contributed by atoms with Crippen LogP contribution in [-0.2, 0) is 27.0 Å². The fraction of sp³-hybridized carbons (Fsp3) is 0.152. The molecular weight excluding hydrogens is 442 g/mol. The minimum absolute atomic E-state index is 0.0878. The van der Waals surface area contributed by atoms with Gasteiger partial charge in [0.1, 0.15) is 10.8 Å². The highest BCUT2D eigenvalue weighted by Crippen LogP contribution is 2.68. The molecule has 4 aliphatic carbocycles. The van der Waals surface area contributed by atoms with Gasteiger partial charge in [-0.15, -0.1) is 0 Å². The van der Waals surface area contributed by atoms with Crippen molar-refractivity contribution in [3.63, 3.8) is 0 Å². The van der Waals surface area contributed by atoms with Crippen LogP contribution in [0.5, 0.6) is 0 Å². The topological polar surface area (TPSA) is 37.4 Å². The highest BCUT2D eigenvalue weighted by Gasteiger charge is 2.74. The van der Waals surface area contributed by atoms with E-state index >= 15 is 0 Å². The van der Waals surface area contributed by atoms with Crippen molar-refractivity contribution in [2.75, 3.05) is 0 Å². The van der Waals surface area contributed by atoms with Crippen LogP contribution in [0.1, 0.15) is 50.8 Å². The number of benzene rings is 4. The van der Waals surface area contributed by atoms with Crippen LogP contribution in [0.25, 0.3) is 0 Å². The summed E-state index contributed by atoms with van der Waals surface area (Å²) in [4.78, 5) is 31.3. The van der Waals surface area contributed by atoms with Crippen LogP contribution in [0.3, 0.4) is 0 Å². The molecule has 0 radical (unpaired) electrons. The average Bonchev–Trinajstić information content (AvgIpc) is 3.08. The molecular formula is C33H23NO2. The van der Waals surface area contributed by atoms with E-state index in [0.717, 1.165) is 38.9 Å². The number of allylic oxidation sites excluding steroid dienone is 1. The van der Waals surface area contributed by atoms with Crippen LogP contribution >= 0.6 is 0 Å². The molecule has 4 bridgehead atoms. The Kier molecular flexibility index (Phi) is 3.72. The van der Waals surface area contributed by atoms with Gasteiger partial charge in [-0.25, -0.2) is 0 Å². The molecule has 172 valence electrons. The summed E-state index contributed by atoms with van der Waals surface area (Å²) in [5, 5.41) is 0. The highest BCUT2D eigenvalue weighted by atomic mass is 16.2. The summed E-state index contributed by atoms with van der Waals surface area (Å²) in [5.74, 6) is -0.0822. The van der Waals surface area contributed by atoms with Crippen LogP contribution in [0.15, 0.2) is 115 Å². The van der Waals surface area contributed by atoms with Gasteiger partial charge in [0.05, 0.1) is 6.54 Å². The SMILES string of the molecule is O=C1N(Cc2ccccc2)C(=O)C23c4ccccc4C(c4ccccc42)C2C=CC13c1ccccc12. The number of likely N-dealkylation sites (tertiary alicyclic amines) is 1. The van der Waals surface area contributed by atoms with Gasteiger partial charge in [-0.3, -0.25) is 14.5 Å². The van der Waals surface area contributed by atoms with E-state index in [1.54, 1.807) is 0 Å². The molecule has 1 fully saturated rings. The van der Waals surface area contributed by atoms with Crippen molar-refractivity contribution in [2.24, 2.45) is 0 Å². The van der Waals surface area contributed by atoms with E-state index in [1.165, 1.54) is 4.90 Å². The van der Waals surface area contributed by atoms with E-state index in [-0.39, 0.29) is 30.2 Å². The number of imide groups is 1. The Bertz CT molecular complexity index is 1590. The van der Waals surface area contributed by atoms with Crippen molar-refractivity contribution in [3.05, 3.63) is 154 Å². The zero-order valence-electron chi connectivity index (χ0n) is 19.6. The van der Waals surface area contributed by atoms with Crippen molar-refractivity contribution in [2.45, 2.75) is 29.2 Å². The Morgan fingerprint density at radius 1 is 0.611 bits per heavy atom. The minimum atomic E-state index is -1.15.